The number of nitrogens with zero attached hydrogens (tertiary/aromatic N) is 3. The molecular formula is C22H21ClN4O2. The second-order valence-electron chi connectivity index (χ2n) is 8.23. The van der Waals surface area contributed by atoms with E-state index in [1.807, 2.05) is 0 Å². The minimum atomic E-state index is -1.91. The van der Waals surface area contributed by atoms with Crippen molar-refractivity contribution in [3.05, 3.63) is 34.9 Å². The number of ether oxygens (including phenoxy) is 2. The zero-order valence-electron chi connectivity index (χ0n) is 16.1. The number of hydrogen-bond donors (Lipinski definition) is 1. The van der Waals surface area contributed by atoms with Gasteiger partial charge in [-0.05, 0) is 36.5 Å². The van der Waals surface area contributed by atoms with Crippen LogP contribution < -0.4 is 0 Å². The lowest BCUT2D eigenvalue weighted by Gasteiger charge is -2.52. The number of halogens is 1. The van der Waals surface area contributed by atoms with Gasteiger partial charge in [-0.15, -0.1) is 0 Å². The highest BCUT2D eigenvalue weighted by molar-refractivity contribution is 6.30. The van der Waals surface area contributed by atoms with Crippen LogP contribution in [0.3, 0.4) is 0 Å². The van der Waals surface area contributed by atoms with Crippen molar-refractivity contribution in [2.75, 3.05) is 0 Å². The molecule has 5 unspecified atom stereocenters. The van der Waals surface area contributed by atoms with Gasteiger partial charge < -0.3 is 9.47 Å². The fraction of sp³-hybridized carbons (Fsp3) is 0.545. The first-order valence-electron chi connectivity index (χ1n) is 9.88. The monoisotopic (exact) mass is 408 g/mol. The maximum absolute atomic E-state index is 10.4. The van der Waals surface area contributed by atoms with Crippen LogP contribution in [0.25, 0.3) is 0 Å². The average molecular weight is 409 g/mol. The van der Waals surface area contributed by atoms with Gasteiger partial charge in [-0.3, -0.25) is 5.41 Å². The molecular weight excluding hydrogens is 388 g/mol. The SMILES string of the molecule is CCCC1CCC23OC(=N)C(C#N)(C2C1)C(C#N)(C#N)C(c1cccc(Cl)c1)O3. The van der Waals surface area contributed by atoms with Crippen LogP contribution in [0.4, 0.5) is 0 Å². The lowest BCUT2D eigenvalue weighted by molar-refractivity contribution is -0.299. The summed E-state index contributed by atoms with van der Waals surface area (Å²) in [5, 5.41) is 39.9. The number of benzene rings is 1. The second-order valence-corrected chi connectivity index (χ2v) is 8.67. The highest BCUT2D eigenvalue weighted by atomic mass is 35.5. The van der Waals surface area contributed by atoms with Gasteiger partial charge in [-0.2, -0.15) is 15.8 Å². The van der Waals surface area contributed by atoms with E-state index >= 15 is 0 Å². The van der Waals surface area contributed by atoms with Gasteiger partial charge in [0.2, 0.25) is 17.1 Å². The van der Waals surface area contributed by atoms with Crippen LogP contribution in [0.1, 0.15) is 50.7 Å². The Kier molecular flexibility index (Phi) is 4.58. The molecule has 2 bridgehead atoms. The summed E-state index contributed by atoms with van der Waals surface area (Å²) < 4.78 is 12.4. The van der Waals surface area contributed by atoms with Gasteiger partial charge in [0.15, 0.2) is 5.41 Å². The zero-order chi connectivity index (χ0) is 20.9. The van der Waals surface area contributed by atoms with E-state index in [1.54, 1.807) is 24.3 Å². The number of hydrogen-bond acceptors (Lipinski definition) is 6. The summed E-state index contributed by atoms with van der Waals surface area (Å²) in [5.41, 5.74) is -3.07. The highest BCUT2D eigenvalue weighted by Crippen LogP contribution is 2.70. The smallest absolute Gasteiger partial charge is 0.217 e. The molecule has 148 valence electrons. The third-order valence-electron chi connectivity index (χ3n) is 6.87. The maximum atomic E-state index is 10.4. The van der Waals surface area contributed by atoms with E-state index in [4.69, 9.17) is 26.5 Å². The Morgan fingerprint density at radius 2 is 2.00 bits per heavy atom. The molecule has 1 aromatic rings. The van der Waals surface area contributed by atoms with Crippen molar-refractivity contribution < 1.29 is 9.47 Å². The van der Waals surface area contributed by atoms with E-state index in [0.717, 1.165) is 19.3 Å². The lowest BCUT2D eigenvalue weighted by Crippen LogP contribution is -2.61. The molecule has 2 saturated heterocycles. The van der Waals surface area contributed by atoms with Gasteiger partial charge in [0.1, 0.15) is 6.10 Å². The summed E-state index contributed by atoms with van der Waals surface area (Å²) in [4.78, 5) is 0. The Bertz CT molecular complexity index is 976. The molecule has 29 heavy (non-hydrogen) atoms. The number of nitrogens with one attached hydrogen (secondary N) is 1. The van der Waals surface area contributed by atoms with Crippen LogP contribution in [0.15, 0.2) is 24.3 Å². The van der Waals surface area contributed by atoms with E-state index in [1.165, 1.54) is 0 Å². The van der Waals surface area contributed by atoms with E-state index in [0.29, 0.717) is 29.3 Å². The van der Waals surface area contributed by atoms with E-state index < -0.39 is 28.6 Å². The third kappa shape index (κ3) is 2.39. The van der Waals surface area contributed by atoms with Crippen LogP contribution in [0.2, 0.25) is 5.02 Å². The van der Waals surface area contributed by atoms with Crippen molar-refractivity contribution in [3.63, 3.8) is 0 Å². The fourth-order valence-electron chi connectivity index (χ4n) is 5.56. The standard InChI is InChI=1S/C22H21ClN4O2/c1-2-4-14-7-8-22-17(9-14)21(13-26,19(27)29-22)20(11-24,12-25)18(28-22)15-5-3-6-16(23)10-15/h3,5-6,10,14,17-18,27H,2,4,7-9H2,1H3. The minimum Gasteiger partial charge on any atom is -0.447 e. The molecule has 0 aromatic heterocycles. The van der Waals surface area contributed by atoms with E-state index in [2.05, 4.69) is 25.1 Å². The Morgan fingerprint density at radius 3 is 2.62 bits per heavy atom. The third-order valence-corrected chi connectivity index (χ3v) is 7.10. The molecule has 0 amide bonds. The molecule has 3 fully saturated rings. The van der Waals surface area contributed by atoms with Crippen molar-refractivity contribution in [2.45, 2.75) is 50.9 Å². The summed E-state index contributed by atoms with van der Waals surface area (Å²) in [5.74, 6) is -1.68. The first-order valence-corrected chi connectivity index (χ1v) is 10.3. The molecule has 4 rings (SSSR count). The first kappa shape index (κ1) is 19.7. The highest BCUT2D eigenvalue weighted by Gasteiger charge is 2.80. The molecule has 3 aliphatic rings. The molecule has 1 aromatic carbocycles. The van der Waals surface area contributed by atoms with Crippen LogP contribution in [0.5, 0.6) is 0 Å². The summed E-state index contributed by atoms with van der Waals surface area (Å²) in [6, 6.07) is 13.2. The van der Waals surface area contributed by atoms with E-state index in [-0.39, 0.29) is 5.90 Å². The molecule has 2 heterocycles. The van der Waals surface area contributed by atoms with Crippen LogP contribution in [-0.4, -0.2) is 11.7 Å². The van der Waals surface area contributed by atoms with Gasteiger partial charge in [0, 0.05) is 11.4 Å². The molecule has 2 aliphatic heterocycles. The summed E-state index contributed by atoms with van der Waals surface area (Å²) in [7, 11) is 0. The zero-order valence-corrected chi connectivity index (χ0v) is 16.9. The van der Waals surface area contributed by atoms with Crippen molar-refractivity contribution in [1.29, 1.82) is 21.2 Å². The van der Waals surface area contributed by atoms with Gasteiger partial charge in [-0.25, -0.2) is 0 Å². The Labute approximate surface area is 175 Å². The Morgan fingerprint density at radius 1 is 1.24 bits per heavy atom. The molecule has 6 nitrogen and oxygen atoms in total. The predicted octanol–water partition coefficient (Wildman–Crippen LogP) is 4.88. The summed E-state index contributed by atoms with van der Waals surface area (Å²) in [6.07, 6.45) is 2.93. The fourth-order valence-corrected chi connectivity index (χ4v) is 5.76. The van der Waals surface area contributed by atoms with Gasteiger partial charge in [0.05, 0.1) is 24.1 Å². The quantitative estimate of drug-likeness (QED) is 0.765. The van der Waals surface area contributed by atoms with Crippen LogP contribution in [-0.2, 0) is 9.47 Å². The first-order chi connectivity index (χ1) is 13.9. The molecule has 1 saturated carbocycles. The van der Waals surface area contributed by atoms with Gasteiger partial charge in [-0.1, -0.05) is 43.5 Å². The second kappa shape index (κ2) is 6.74. The van der Waals surface area contributed by atoms with E-state index in [9.17, 15) is 15.8 Å². The lowest BCUT2D eigenvalue weighted by atomic mass is 9.50. The average Bonchev–Trinajstić information content (AvgIpc) is 2.92. The van der Waals surface area contributed by atoms with Gasteiger partial charge >= 0.3 is 0 Å². The number of nitriles is 3. The Balaban J connectivity index is 1.93. The summed E-state index contributed by atoms with van der Waals surface area (Å²) in [6.45, 7) is 2.11. The molecule has 0 spiro atoms. The minimum absolute atomic E-state index is 0.324. The molecule has 1 aliphatic carbocycles. The van der Waals surface area contributed by atoms with Crippen molar-refractivity contribution in [1.82, 2.24) is 0 Å². The molecule has 1 N–H and O–H groups in total. The van der Waals surface area contributed by atoms with Crippen LogP contribution in [0, 0.1) is 62.1 Å². The van der Waals surface area contributed by atoms with Crippen LogP contribution >= 0.6 is 11.6 Å². The molecule has 0 radical (unpaired) electrons. The largest absolute Gasteiger partial charge is 0.447 e. The molecule has 7 heteroatoms. The topological polar surface area (TPSA) is 114 Å². The van der Waals surface area contributed by atoms with Crippen molar-refractivity contribution >= 4 is 17.5 Å². The van der Waals surface area contributed by atoms with Crippen molar-refractivity contribution in [2.24, 2.45) is 22.7 Å². The maximum Gasteiger partial charge on any atom is 0.217 e. The van der Waals surface area contributed by atoms with Gasteiger partial charge in [0.25, 0.3) is 0 Å². The van der Waals surface area contributed by atoms with Crippen molar-refractivity contribution in [3.8, 4) is 18.2 Å². The number of rotatable bonds is 3. The normalized spacial score (nSPS) is 36.8. The summed E-state index contributed by atoms with van der Waals surface area (Å²) >= 11 is 6.16. The predicted molar refractivity (Wildman–Crippen MR) is 104 cm³/mol. The molecule has 5 atom stereocenters. The Hall–Kier alpha value is -2.59.